The van der Waals surface area contributed by atoms with Crippen molar-refractivity contribution in [2.45, 2.75) is 26.4 Å². The summed E-state index contributed by atoms with van der Waals surface area (Å²) in [5.74, 6) is -0.160. The number of hydrogen-bond acceptors (Lipinski definition) is 6. The van der Waals surface area contributed by atoms with Crippen LogP contribution in [0.4, 0.5) is 5.00 Å². The predicted molar refractivity (Wildman–Crippen MR) is 90.8 cm³/mol. The molecule has 0 saturated carbocycles. The van der Waals surface area contributed by atoms with Gasteiger partial charge >= 0.3 is 0 Å². The van der Waals surface area contributed by atoms with Crippen molar-refractivity contribution in [1.29, 1.82) is 5.26 Å². The number of hydrogen-bond donors (Lipinski definition) is 1. The van der Waals surface area contributed by atoms with Crippen molar-refractivity contribution in [2.75, 3.05) is 18.4 Å². The van der Waals surface area contributed by atoms with Crippen LogP contribution in [0.15, 0.2) is 22.3 Å². The summed E-state index contributed by atoms with van der Waals surface area (Å²) in [6, 6.07) is 5.35. The molecule has 124 valence electrons. The summed E-state index contributed by atoms with van der Waals surface area (Å²) < 4.78 is 1.46. The van der Waals surface area contributed by atoms with E-state index in [1.54, 1.807) is 17.5 Å². The van der Waals surface area contributed by atoms with E-state index >= 15 is 0 Å². The Bertz CT molecular complexity index is 864. The van der Waals surface area contributed by atoms with E-state index in [-0.39, 0.29) is 18.0 Å². The maximum atomic E-state index is 12.2. The van der Waals surface area contributed by atoms with Crippen LogP contribution in [0.2, 0.25) is 0 Å². The summed E-state index contributed by atoms with van der Waals surface area (Å²) >= 11 is 1.33. The summed E-state index contributed by atoms with van der Waals surface area (Å²) in [6.45, 7) is 3.91. The molecule has 0 radical (unpaired) electrons. The third-order valence-electron chi connectivity index (χ3n) is 3.93. The van der Waals surface area contributed by atoms with Crippen molar-refractivity contribution in [3.8, 4) is 6.07 Å². The molecule has 7 nitrogen and oxygen atoms in total. The molecule has 0 aromatic carbocycles. The molecule has 0 spiro atoms. The van der Waals surface area contributed by atoms with Crippen LogP contribution in [0.25, 0.3) is 0 Å². The van der Waals surface area contributed by atoms with Gasteiger partial charge in [0, 0.05) is 32.1 Å². The lowest BCUT2D eigenvalue weighted by Gasteiger charge is -2.27. The zero-order valence-electron chi connectivity index (χ0n) is 13.3. The first-order chi connectivity index (χ1) is 11.6. The smallest absolute Gasteiger partial charge is 0.267 e. The molecule has 2 aromatic rings. The molecule has 8 heteroatoms. The van der Waals surface area contributed by atoms with Gasteiger partial charge in [-0.2, -0.15) is 10.4 Å². The summed E-state index contributed by atoms with van der Waals surface area (Å²) in [5, 5.41) is 18.5. The highest BCUT2D eigenvalue weighted by molar-refractivity contribution is 7.14. The van der Waals surface area contributed by atoms with Gasteiger partial charge in [0.1, 0.15) is 11.1 Å². The van der Waals surface area contributed by atoms with Gasteiger partial charge in [-0.05, 0) is 23.9 Å². The first-order valence-electron chi connectivity index (χ1n) is 7.70. The number of nitriles is 1. The minimum atomic E-state index is -0.160. The topological polar surface area (TPSA) is 91.0 Å². The van der Waals surface area contributed by atoms with Gasteiger partial charge in [-0.25, -0.2) is 4.68 Å². The second-order valence-corrected chi connectivity index (χ2v) is 6.47. The fourth-order valence-corrected chi connectivity index (χ4v) is 3.48. The molecule has 0 bridgehead atoms. The molecule has 1 amide bonds. The van der Waals surface area contributed by atoms with Crippen LogP contribution in [0.3, 0.4) is 0 Å². The first-order valence-corrected chi connectivity index (χ1v) is 8.58. The van der Waals surface area contributed by atoms with E-state index in [0.29, 0.717) is 36.6 Å². The molecule has 0 fully saturated rings. The summed E-state index contributed by atoms with van der Waals surface area (Å²) in [5.41, 5.74) is 2.18. The predicted octanol–water partition coefficient (Wildman–Crippen LogP) is 1.19. The third kappa shape index (κ3) is 3.37. The average Bonchev–Trinajstić information content (AvgIpc) is 3.01. The maximum absolute atomic E-state index is 12.2. The highest BCUT2D eigenvalue weighted by Gasteiger charge is 2.21. The van der Waals surface area contributed by atoms with Crippen molar-refractivity contribution in [3.05, 3.63) is 44.7 Å². The molecular weight excluding hydrogens is 326 g/mol. The van der Waals surface area contributed by atoms with Crippen LogP contribution >= 0.6 is 11.3 Å². The average molecular weight is 343 g/mol. The van der Waals surface area contributed by atoms with Crippen LogP contribution < -0.4 is 10.9 Å². The fraction of sp³-hybridized carbons (Fsp3) is 0.375. The van der Waals surface area contributed by atoms with Gasteiger partial charge in [0.2, 0.25) is 5.91 Å². The maximum Gasteiger partial charge on any atom is 0.267 e. The Morgan fingerprint density at radius 2 is 2.38 bits per heavy atom. The number of amides is 1. The molecule has 1 aliphatic heterocycles. The minimum absolute atomic E-state index is 0.111. The monoisotopic (exact) mass is 343 g/mol. The number of carbonyl (C=O) groups is 1. The van der Waals surface area contributed by atoms with Gasteiger partial charge in [-0.1, -0.05) is 0 Å². The van der Waals surface area contributed by atoms with Gasteiger partial charge in [-0.15, -0.1) is 11.3 Å². The summed E-state index contributed by atoms with van der Waals surface area (Å²) in [4.78, 5) is 26.1. The molecule has 0 atom stereocenters. The number of nitrogens with one attached hydrogen (secondary N) is 1. The van der Waals surface area contributed by atoms with Crippen LogP contribution in [-0.2, 0) is 24.3 Å². The van der Waals surface area contributed by atoms with Crippen LogP contribution in [-0.4, -0.2) is 33.7 Å². The number of aromatic nitrogens is 2. The van der Waals surface area contributed by atoms with E-state index in [0.717, 1.165) is 11.3 Å². The molecule has 2 aromatic heterocycles. The lowest BCUT2D eigenvalue weighted by Crippen LogP contribution is -2.39. The number of carbonyl (C=O) groups excluding carboxylic acids is 1. The van der Waals surface area contributed by atoms with Gasteiger partial charge in [0.25, 0.3) is 5.56 Å². The van der Waals surface area contributed by atoms with E-state index in [4.69, 9.17) is 5.26 Å². The number of rotatable bonds is 4. The Labute approximate surface area is 143 Å². The number of fused-ring (bicyclic) bond motifs is 1. The molecule has 0 unspecified atom stereocenters. The number of aryl methyl sites for hydroxylation is 1. The Morgan fingerprint density at radius 3 is 3.12 bits per heavy atom. The second kappa shape index (κ2) is 6.95. The van der Waals surface area contributed by atoms with Crippen LogP contribution in [0, 0.1) is 11.3 Å². The third-order valence-corrected chi connectivity index (χ3v) is 4.76. The zero-order chi connectivity index (χ0) is 17.1. The minimum Gasteiger partial charge on any atom is -0.315 e. The van der Waals surface area contributed by atoms with Crippen LogP contribution in [0.1, 0.15) is 23.7 Å². The molecule has 3 rings (SSSR count). The summed E-state index contributed by atoms with van der Waals surface area (Å²) in [7, 11) is 0. The fourth-order valence-electron chi connectivity index (χ4n) is 2.72. The molecule has 24 heavy (non-hydrogen) atoms. The molecule has 0 aliphatic carbocycles. The lowest BCUT2D eigenvalue weighted by atomic mass is 10.1. The standard InChI is InChI=1S/C16H17N5O2S/c1-2-21-15(23)7-12-9-20(5-3-13(12)19-21)10-14(22)18-16-11(8-17)4-6-24-16/h4,6-7H,2-3,5,9-10H2,1H3,(H,18,22). The van der Waals surface area contributed by atoms with Gasteiger partial charge in [-0.3, -0.25) is 14.5 Å². The van der Waals surface area contributed by atoms with Gasteiger partial charge in [0.05, 0.1) is 17.8 Å². The Hall–Kier alpha value is -2.50. The SMILES string of the molecule is CCn1nc2c(cc1=O)CN(CC(=O)Nc1sccc1C#N)CC2. The first kappa shape index (κ1) is 16.4. The van der Waals surface area contributed by atoms with Crippen LogP contribution in [0.5, 0.6) is 0 Å². The Balaban J connectivity index is 1.66. The molecule has 0 saturated heterocycles. The second-order valence-electron chi connectivity index (χ2n) is 5.55. The highest BCUT2D eigenvalue weighted by atomic mass is 32.1. The highest BCUT2D eigenvalue weighted by Crippen LogP contribution is 2.22. The number of anilines is 1. The molecule has 3 heterocycles. The number of nitrogens with zero attached hydrogens (tertiary/aromatic N) is 4. The van der Waals surface area contributed by atoms with E-state index in [2.05, 4.69) is 16.5 Å². The normalized spacial score (nSPS) is 14.0. The largest absolute Gasteiger partial charge is 0.315 e. The Morgan fingerprint density at radius 1 is 1.54 bits per heavy atom. The quantitative estimate of drug-likeness (QED) is 0.900. The van der Waals surface area contributed by atoms with Crippen molar-refractivity contribution in [1.82, 2.24) is 14.7 Å². The van der Waals surface area contributed by atoms with Crippen molar-refractivity contribution in [3.63, 3.8) is 0 Å². The molecule has 1 aliphatic rings. The van der Waals surface area contributed by atoms with Gasteiger partial charge < -0.3 is 5.32 Å². The molecular formula is C16H17N5O2S. The van der Waals surface area contributed by atoms with Crippen molar-refractivity contribution < 1.29 is 4.79 Å². The van der Waals surface area contributed by atoms with E-state index in [1.807, 2.05) is 11.8 Å². The van der Waals surface area contributed by atoms with E-state index < -0.39 is 0 Å². The van der Waals surface area contributed by atoms with Crippen molar-refractivity contribution in [2.24, 2.45) is 0 Å². The number of thiophene rings is 1. The van der Waals surface area contributed by atoms with E-state index in [9.17, 15) is 9.59 Å². The van der Waals surface area contributed by atoms with Crippen molar-refractivity contribution >= 4 is 22.2 Å². The Kier molecular flexibility index (Phi) is 4.74. The summed E-state index contributed by atoms with van der Waals surface area (Å²) in [6.07, 6.45) is 0.714. The zero-order valence-corrected chi connectivity index (χ0v) is 14.1. The lowest BCUT2D eigenvalue weighted by molar-refractivity contribution is -0.117. The molecule has 1 N–H and O–H groups in total. The van der Waals surface area contributed by atoms with Gasteiger partial charge in [0.15, 0.2) is 0 Å². The van der Waals surface area contributed by atoms with E-state index in [1.165, 1.54) is 16.0 Å².